The highest BCUT2D eigenvalue weighted by Crippen LogP contribution is 2.20. The van der Waals surface area contributed by atoms with Crippen LogP contribution in [0.25, 0.3) is 0 Å². The molecule has 0 bridgehead atoms. The van der Waals surface area contributed by atoms with Crippen LogP contribution in [0.2, 0.25) is 0 Å². The number of hydrogen-bond donors (Lipinski definition) is 2. The monoisotopic (exact) mass is 438 g/mol. The molecule has 1 aliphatic rings. The van der Waals surface area contributed by atoms with Gasteiger partial charge in [-0.15, -0.1) is 11.3 Å². The summed E-state index contributed by atoms with van der Waals surface area (Å²) in [6.45, 7) is 2.07. The van der Waals surface area contributed by atoms with Gasteiger partial charge in [-0.25, -0.2) is 14.4 Å². The van der Waals surface area contributed by atoms with Gasteiger partial charge >= 0.3 is 0 Å². The molecule has 3 aromatic rings. The van der Waals surface area contributed by atoms with E-state index in [0.717, 1.165) is 42.5 Å². The molecule has 0 spiro atoms. The van der Waals surface area contributed by atoms with Gasteiger partial charge in [-0.2, -0.15) is 0 Å². The van der Waals surface area contributed by atoms with E-state index in [1.54, 1.807) is 30.6 Å². The van der Waals surface area contributed by atoms with Crippen LogP contribution < -0.4 is 15.5 Å². The van der Waals surface area contributed by atoms with Crippen LogP contribution in [0.3, 0.4) is 0 Å². The number of anilines is 1. The first-order valence-electron chi connectivity index (χ1n) is 10.5. The van der Waals surface area contributed by atoms with Crippen LogP contribution >= 0.6 is 11.3 Å². The maximum absolute atomic E-state index is 14.0. The van der Waals surface area contributed by atoms with Gasteiger partial charge < -0.3 is 15.5 Å². The highest BCUT2D eigenvalue weighted by Gasteiger charge is 2.25. The van der Waals surface area contributed by atoms with Crippen LogP contribution in [-0.2, 0) is 19.4 Å². The fourth-order valence-corrected chi connectivity index (χ4v) is 4.48. The molecule has 1 saturated heterocycles. The summed E-state index contributed by atoms with van der Waals surface area (Å²) in [5, 5.41) is 10.0. The van der Waals surface area contributed by atoms with E-state index in [9.17, 15) is 4.39 Å². The molecule has 8 heteroatoms. The van der Waals surface area contributed by atoms with E-state index in [-0.39, 0.29) is 11.9 Å². The van der Waals surface area contributed by atoms with E-state index in [1.165, 1.54) is 11.6 Å². The Morgan fingerprint density at radius 3 is 2.90 bits per heavy atom. The maximum atomic E-state index is 14.0. The maximum Gasteiger partial charge on any atom is 0.191 e. The van der Waals surface area contributed by atoms with Crippen molar-refractivity contribution in [3.63, 3.8) is 0 Å². The number of hydrogen-bond acceptors (Lipinski definition) is 5. The van der Waals surface area contributed by atoms with Gasteiger partial charge in [-0.05, 0) is 30.5 Å². The molecule has 0 aliphatic carbocycles. The van der Waals surface area contributed by atoms with Crippen molar-refractivity contribution in [2.75, 3.05) is 25.0 Å². The number of aryl methyl sites for hydroxylation is 2. The molecule has 1 fully saturated rings. The Hall–Kier alpha value is -3.00. The van der Waals surface area contributed by atoms with Crippen molar-refractivity contribution in [3.8, 4) is 0 Å². The van der Waals surface area contributed by atoms with Gasteiger partial charge in [-0.3, -0.25) is 4.99 Å². The zero-order valence-corrected chi connectivity index (χ0v) is 18.4. The summed E-state index contributed by atoms with van der Waals surface area (Å²) in [4.78, 5) is 15.2. The first-order chi connectivity index (χ1) is 15.2. The Labute approximate surface area is 186 Å². The molecule has 4 rings (SSSR count). The van der Waals surface area contributed by atoms with E-state index in [0.29, 0.717) is 18.9 Å². The number of nitrogens with one attached hydrogen (secondary N) is 2. The molecule has 2 aromatic heterocycles. The lowest BCUT2D eigenvalue weighted by atomic mass is 10.1. The van der Waals surface area contributed by atoms with Crippen LogP contribution in [0.4, 0.5) is 10.2 Å². The van der Waals surface area contributed by atoms with Crippen LogP contribution in [-0.4, -0.2) is 42.1 Å². The fourth-order valence-electron chi connectivity index (χ4n) is 3.68. The van der Waals surface area contributed by atoms with Gasteiger partial charge in [0.25, 0.3) is 0 Å². The van der Waals surface area contributed by atoms with Crippen LogP contribution in [0.15, 0.2) is 59.0 Å². The van der Waals surface area contributed by atoms with Crippen molar-refractivity contribution in [1.82, 2.24) is 20.6 Å². The van der Waals surface area contributed by atoms with Crippen molar-refractivity contribution in [2.24, 2.45) is 4.99 Å². The number of nitrogens with zero attached hydrogens (tertiary/aromatic N) is 4. The summed E-state index contributed by atoms with van der Waals surface area (Å²) in [5.74, 6) is 0.865. The second-order valence-corrected chi connectivity index (χ2v) is 8.47. The molecule has 1 aliphatic heterocycles. The summed E-state index contributed by atoms with van der Waals surface area (Å²) in [6.07, 6.45) is 4.47. The van der Waals surface area contributed by atoms with Crippen LogP contribution in [0, 0.1) is 5.82 Å². The predicted molar refractivity (Wildman–Crippen MR) is 124 cm³/mol. The van der Waals surface area contributed by atoms with E-state index in [2.05, 4.69) is 50.3 Å². The summed E-state index contributed by atoms with van der Waals surface area (Å²) >= 11 is 1.70. The predicted octanol–water partition coefficient (Wildman–Crippen LogP) is 3.41. The number of aliphatic imine (C=N–C) groups is 1. The van der Waals surface area contributed by atoms with Gasteiger partial charge in [0.15, 0.2) is 17.6 Å². The van der Waals surface area contributed by atoms with Gasteiger partial charge in [0, 0.05) is 44.2 Å². The molecule has 162 valence electrons. The number of thiazole rings is 1. The SMILES string of the molecule is CN=C(NCc1csc(CCc2ccccc2)n1)NC1CCN(c2ncccc2F)C1. The highest BCUT2D eigenvalue weighted by molar-refractivity contribution is 7.09. The smallest absolute Gasteiger partial charge is 0.191 e. The minimum Gasteiger partial charge on any atom is -0.352 e. The highest BCUT2D eigenvalue weighted by atomic mass is 32.1. The fraction of sp³-hybridized carbons (Fsp3) is 0.348. The number of aromatic nitrogens is 2. The second kappa shape index (κ2) is 10.3. The molecule has 0 saturated carbocycles. The first-order valence-corrected chi connectivity index (χ1v) is 11.4. The molecule has 31 heavy (non-hydrogen) atoms. The lowest BCUT2D eigenvalue weighted by Crippen LogP contribution is -2.44. The summed E-state index contributed by atoms with van der Waals surface area (Å²) in [7, 11) is 1.76. The molecular formula is C23H27FN6S. The van der Waals surface area contributed by atoms with Gasteiger partial charge in [-0.1, -0.05) is 30.3 Å². The van der Waals surface area contributed by atoms with E-state index in [1.807, 2.05) is 11.0 Å². The minimum atomic E-state index is -0.280. The largest absolute Gasteiger partial charge is 0.352 e. The Kier molecular flexibility index (Phi) is 7.09. The van der Waals surface area contributed by atoms with E-state index >= 15 is 0 Å². The number of guanidine groups is 1. The molecule has 1 aromatic carbocycles. The molecule has 0 amide bonds. The molecule has 3 heterocycles. The van der Waals surface area contributed by atoms with Crippen LogP contribution in [0.5, 0.6) is 0 Å². The van der Waals surface area contributed by atoms with Crippen molar-refractivity contribution in [3.05, 3.63) is 76.1 Å². The molecule has 0 radical (unpaired) electrons. The van der Waals surface area contributed by atoms with Crippen molar-refractivity contribution in [1.29, 1.82) is 0 Å². The normalized spacial score (nSPS) is 16.5. The molecular weight excluding hydrogens is 411 g/mol. The third-order valence-corrected chi connectivity index (χ3v) is 6.26. The van der Waals surface area contributed by atoms with Gasteiger partial charge in [0.05, 0.1) is 17.2 Å². The number of halogens is 1. The Morgan fingerprint density at radius 1 is 1.23 bits per heavy atom. The number of rotatable bonds is 7. The van der Waals surface area contributed by atoms with Crippen LogP contribution in [0.1, 0.15) is 22.7 Å². The van der Waals surface area contributed by atoms with Crippen molar-refractivity contribution in [2.45, 2.75) is 31.8 Å². The number of pyridine rings is 1. The second-order valence-electron chi connectivity index (χ2n) is 7.53. The van der Waals surface area contributed by atoms with Crippen molar-refractivity contribution >= 4 is 23.1 Å². The molecule has 1 atom stereocenters. The quantitative estimate of drug-likeness (QED) is 0.437. The minimum absolute atomic E-state index is 0.185. The average molecular weight is 439 g/mol. The lowest BCUT2D eigenvalue weighted by molar-refractivity contribution is 0.612. The summed E-state index contributed by atoms with van der Waals surface area (Å²) < 4.78 is 14.0. The zero-order valence-electron chi connectivity index (χ0n) is 17.6. The summed E-state index contributed by atoms with van der Waals surface area (Å²) in [6, 6.07) is 13.7. The van der Waals surface area contributed by atoms with Gasteiger partial charge in [0.1, 0.15) is 0 Å². The van der Waals surface area contributed by atoms with E-state index in [4.69, 9.17) is 4.98 Å². The van der Waals surface area contributed by atoms with Crippen molar-refractivity contribution < 1.29 is 4.39 Å². The standard InChI is InChI=1S/C23H27FN6S/c1-25-23(29-18-11-13-30(15-18)22-20(24)8-5-12-26-22)27-14-19-16-31-21(28-19)10-9-17-6-3-2-4-7-17/h2-8,12,16,18H,9-11,13-15H2,1H3,(H2,25,27,29). The summed E-state index contributed by atoms with van der Waals surface area (Å²) in [5.41, 5.74) is 2.35. The molecule has 1 unspecified atom stereocenters. The third kappa shape index (κ3) is 5.79. The van der Waals surface area contributed by atoms with Gasteiger partial charge in [0.2, 0.25) is 0 Å². The average Bonchev–Trinajstić information content (AvgIpc) is 3.46. The molecule has 6 nitrogen and oxygen atoms in total. The Balaban J connectivity index is 1.24. The Morgan fingerprint density at radius 2 is 2.10 bits per heavy atom. The van der Waals surface area contributed by atoms with E-state index < -0.39 is 0 Å². The third-order valence-electron chi connectivity index (χ3n) is 5.30. The first kappa shape index (κ1) is 21.2. The Bertz CT molecular complexity index is 1010. The zero-order chi connectivity index (χ0) is 21.5. The topological polar surface area (TPSA) is 65.4 Å². The number of benzene rings is 1. The molecule has 2 N–H and O–H groups in total. The lowest BCUT2D eigenvalue weighted by Gasteiger charge is -2.19.